The van der Waals surface area contributed by atoms with Gasteiger partial charge in [0.25, 0.3) is 5.91 Å². The van der Waals surface area contributed by atoms with Gasteiger partial charge in [-0.1, -0.05) is 30.3 Å². The van der Waals surface area contributed by atoms with Gasteiger partial charge in [-0.15, -0.1) is 0 Å². The van der Waals surface area contributed by atoms with Gasteiger partial charge >= 0.3 is 0 Å². The zero-order valence-corrected chi connectivity index (χ0v) is 19.7. The van der Waals surface area contributed by atoms with E-state index in [-0.39, 0.29) is 17.1 Å². The highest BCUT2D eigenvalue weighted by molar-refractivity contribution is 5.99. The van der Waals surface area contributed by atoms with Gasteiger partial charge in [-0.05, 0) is 53.9 Å². The second-order valence-corrected chi connectivity index (χ2v) is 8.28. The van der Waals surface area contributed by atoms with Gasteiger partial charge in [-0.2, -0.15) is 0 Å². The minimum Gasteiger partial charge on any atom is -0.497 e. The maximum atomic E-state index is 13.6. The summed E-state index contributed by atoms with van der Waals surface area (Å²) in [5.74, 6) is 1.63. The molecule has 178 valence electrons. The lowest BCUT2D eigenvalue weighted by Crippen LogP contribution is -2.31. The van der Waals surface area contributed by atoms with Crippen LogP contribution in [0.25, 0.3) is 11.0 Å². The van der Waals surface area contributed by atoms with Crippen molar-refractivity contribution in [2.75, 3.05) is 27.9 Å². The Morgan fingerprint density at radius 1 is 0.857 bits per heavy atom. The Morgan fingerprint density at radius 3 is 2.31 bits per heavy atom. The minimum absolute atomic E-state index is 0.0863. The SMILES string of the molecule is COc1ccc(CCN2C(=O)c3oc4ccccc4c(=O)c3[C@@H]2c2ccc(OC)c(OC)c2)cc1. The molecule has 0 saturated heterocycles. The molecule has 4 aromatic rings. The number of rotatable bonds is 7. The highest BCUT2D eigenvalue weighted by Crippen LogP contribution is 2.41. The fraction of sp³-hybridized carbons (Fsp3) is 0.214. The number of carbonyl (C=O) groups excluding carboxylic acids is 1. The molecule has 0 radical (unpaired) electrons. The van der Waals surface area contributed by atoms with Crippen LogP contribution in [0.1, 0.15) is 33.3 Å². The van der Waals surface area contributed by atoms with Gasteiger partial charge in [0, 0.05) is 6.54 Å². The van der Waals surface area contributed by atoms with Gasteiger partial charge in [-0.3, -0.25) is 9.59 Å². The lowest BCUT2D eigenvalue weighted by molar-refractivity contribution is 0.0730. The quantitative estimate of drug-likeness (QED) is 0.392. The fourth-order valence-corrected chi connectivity index (χ4v) is 4.61. The van der Waals surface area contributed by atoms with Crippen LogP contribution in [0.5, 0.6) is 17.2 Å². The molecule has 1 aliphatic heterocycles. The van der Waals surface area contributed by atoms with Crippen LogP contribution in [-0.4, -0.2) is 38.7 Å². The number of amides is 1. The Kier molecular flexibility index (Phi) is 5.91. The van der Waals surface area contributed by atoms with E-state index in [2.05, 4.69) is 0 Å². The van der Waals surface area contributed by atoms with Crippen molar-refractivity contribution in [3.8, 4) is 17.2 Å². The zero-order valence-electron chi connectivity index (χ0n) is 19.7. The third-order valence-electron chi connectivity index (χ3n) is 6.40. The summed E-state index contributed by atoms with van der Waals surface area (Å²) in [6, 6.07) is 19.5. The summed E-state index contributed by atoms with van der Waals surface area (Å²) in [5.41, 5.74) is 2.32. The number of hydrogen-bond donors (Lipinski definition) is 0. The first kappa shape index (κ1) is 22.5. The van der Waals surface area contributed by atoms with Gasteiger partial charge in [-0.25, -0.2) is 0 Å². The second kappa shape index (κ2) is 9.18. The van der Waals surface area contributed by atoms with Crippen molar-refractivity contribution in [3.05, 3.63) is 99.4 Å². The Hall–Kier alpha value is -4.26. The molecule has 35 heavy (non-hydrogen) atoms. The molecule has 3 aromatic carbocycles. The number of hydrogen-bond acceptors (Lipinski definition) is 6. The van der Waals surface area contributed by atoms with Crippen molar-refractivity contribution in [1.29, 1.82) is 0 Å². The average Bonchev–Trinajstić information content (AvgIpc) is 3.18. The van der Waals surface area contributed by atoms with Gasteiger partial charge in [0.05, 0.1) is 38.3 Å². The normalized spacial score (nSPS) is 14.8. The molecule has 1 aliphatic rings. The molecule has 0 N–H and O–H groups in total. The first-order chi connectivity index (χ1) is 17.0. The Labute approximate surface area is 202 Å². The summed E-state index contributed by atoms with van der Waals surface area (Å²) in [6.45, 7) is 0.393. The van der Waals surface area contributed by atoms with E-state index < -0.39 is 6.04 Å². The molecule has 0 unspecified atom stereocenters. The van der Waals surface area contributed by atoms with Crippen molar-refractivity contribution < 1.29 is 23.4 Å². The molecule has 7 nitrogen and oxygen atoms in total. The van der Waals surface area contributed by atoms with E-state index in [4.69, 9.17) is 18.6 Å². The van der Waals surface area contributed by atoms with Gasteiger partial charge < -0.3 is 23.5 Å². The number of fused-ring (bicyclic) bond motifs is 2. The molecule has 7 heteroatoms. The predicted octanol–water partition coefficient (Wildman–Crippen LogP) is 4.61. The van der Waals surface area contributed by atoms with Crippen LogP contribution >= 0.6 is 0 Å². The van der Waals surface area contributed by atoms with Crippen LogP contribution in [0.3, 0.4) is 0 Å². The van der Waals surface area contributed by atoms with E-state index in [9.17, 15) is 9.59 Å². The predicted molar refractivity (Wildman–Crippen MR) is 132 cm³/mol. The molecular formula is C28H25NO6. The molecule has 5 rings (SSSR count). The highest BCUT2D eigenvalue weighted by atomic mass is 16.5. The summed E-state index contributed by atoms with van der Waals surface area (Å²) in [6.07, 6.45) is 0.598. The third kappa shape index (κ3) is 3.89. The van der Waals surface area contributed by atoms with E-state index >= 15 is 0 Å². The lowest BCUT2D eigenvalue weighted by atomic mass is 9.97. The first-order valence-electron chi connectivity index (χ1n) is 11.3. The minimum atomic E-state index is -0.614. The van der Waals surface area contributed by atoms with Crippen LogP contribution in [0.15, 0.2) is 75.9 Å². The summed E-state index contributed by atoms with van der Waals surface area (Å²) in [4.78, 5) is 28.9. The van der Waals surface area contributed by atoms with Crippen molar-refractivity contribution in [2.45, 2.75) is 12.5 Å². The maximum absolute atomic E-state index is 13.6. The smallest absolute Gasteiger partial charge is 0.290 e. The summed E-state index contributed by atoms with van der Waals surface area (Å²) in [5, 5.41) is 0.446. The highest BCUT2D eigenvalue weighted by Gasteiger charge is 2.42. The van der Waals surface area contributed by atoms with Crippen LogP contribution in [0.4, 0.5) is 0 Å². The van der Waals surface area contributed by atoms with Crippen molar-refractivity contribution in [2.24, 2.45) is 0 Å². The number of ether oxygens (including phenoxy) is 3. The number of para-hydroxylation sites is 1. The van der Waals surface area contributed by atoms with Crippen molar-refractivity contribution in [3.63, 3.8) is 0 Å². The number of carbonyl (C=O) groups is 1. The van der Waals surface area contributed by atoms with Gasteiger partial charge in [0.1, 0.15) is 11.3 Å². The zero-order chi connectivity index (χ0) is 24.5. The molecule has 1 aromatic heterocycles. The molecular weight excluding hydrogens is 446 g/mol. The van der Waals surface area contributed by atoms with Gasteiger partial charge in [0.2, 0.25) is 5.76 Å². The number of methoxy groups -OCH3 is 3. The molecule has 0 aliphatic carbocycles. The van der Waals surface area contributed by atoms with E-state index in [1.54, 1.807) is 62.6 Å². The van der Waals surface area contributed by atoms with E-state index in [1.165, 1.54) is 0 Å². The average molecular weight is 472 g/mol. The molecule has 0 saturated carbocycles. The molecule has 1 amide bonds. The Balaban J connectivity index is 1.61. The Bertz CT molecular complexity index is 1460. The van der Waals surface area contributed by atoms with Crippen LogP contribution in [0, 0.1) is 0 Å². The standard InChI is InChI=1S/C28H25NO6/c1-32-19-11-8-17(9-12-19)14-15-29-25(18-10-13-22(33-2)23(16-18)34-3)24-26(30)20-6-4-5-7-21(20)35-27(24)28(29)31/h4-13,16,25H,14-15H2,1-3H3/t25-/m0/s1. The molecule has 1 atom stereocenters. The molecule has 0 spiro atoms. The largest absolute Gasteiger partial charge is 0.497 e. The van der Waals surface area contributed by atoms with E-state index in [0.717, 1.165) is 16.9 Å². The second-order valence-electron chi connectivity index (χ2n) is 8.28. The first-order valence-corrected chi connectivity index (χ1v) is 11.3. The van der Waals surface area contributed by atoms with Crippen LogP contribution in [-0.2, 0) is 6.42 Å². The summed E-state index contributed by atoms with van der Waals surface area (Å²) >= 11 is 0. The third-order valence-corrected chi connectivity index (χ3v) is 6.40. The molecule has 0 bridgehead atoms. The Morgan fingerprint density at radius 2 is 1.60 bits per heavy atom. The van der Waals surface area contributed by atoms with Crippen molar-refractivity contribution in [1.82, 2.24) is 4.90 Å². The monoisotopic (exact) mass is 471 g/mol. The number of nitrogens with zero attached hydrogens (tertiary/aromatic N) is 1. The van der Waals surface area contributed by atoms with Crippen molar-refractivity contribution >= 4 is 16.9 Å². The van der Waals surface area contributed by atoms with E-state index in [1.807, 2.05) is 30.3 Å². The summed E-state index contributed by atoms with van der Waals surface area (Å²) < 4.78 is 22.1. The van der Waals surface area contributed by atoms with E-state index in [0.29, 0.717) is 41.0 Å². The lowest BCUT2D eigenvalue weighted by Gasteiger charge is -2.26. The summed E-state index contributed by atoms with van der Waals surface area (Å²) in [7, 11) is 4.74. The fourth-order valence-electron chi connectivity index (χ4n) is 4.61. The topological polar surface area (TPSA) is 78.2 Å². The van der Waals surface area contributed by atoms with Crippen LogP contribution < -0.4 is 19.6 Å². The maximum Gasteiger partial charge on any atom is 0.290 e. The molecule has 2 heterocycles. The molecule has 0 fully saturated rings. The number of benzene rings is 3. The van der Waals surface area contributed by atoms with Crippen LogP contribution in [0.2, 0.25) is 0 Å². The van der Waals surface area contributed by atoms with Gasteiger partial charge in [0.15, 0.2) is 16.9 Å².